The molecule has 0 amide bonds. The highest BCUT2D eigenvalue weighted by Gasteiger charge is 2.11. The van der Waals surface area contributed by atoms with E-state index in [-0.39, 0.29) is 0 Å². The highest BCUT2D eigenvalue weighted by atomic mass is 16.5. The number of rotatable bonds is 6. The van der Waals surface area contributed by atoms with Crippen LogP contribution in [0.15, 0.2) is 4.52 Å². The van der Waals surface area contributed by atoms with Crippen molar-refractivity contribution >= 4 is 0 Å². The van der Waals surface area contributed by atoms with Crippen LogP contribution >= 0.6 is 0 Å². The Balaban J connectivity index is 2.49. The minimum absolute atomic E-state index is 0.392. The molecule has 0 radical (unpaired) electrons. The Morgan fingerprint density at radius 3 is 2.93 bits per heavy atom. The van der Waals surface area contributed by atoms with Crippen molar-refractivity contribution in [1.29, 1.82) is 0 Å². The first-order chi connectivity index (χ1) is 6.80. The third-order valence-corrected chi connectivity index (χ3v) is 2.16. The lowest BCUT2D eigenvalue weighted by Crippen LogP contribution is -2.16. The van der Waals surface area contributed by atoms with Crippen LogP contribution in [-0.2, 0) is 17.8 Å². The molecule has 0 aromatic carbocycles. The molecule has 0 fully saturated rings. The summed E-state index contributed by atoms with van der Waals surface area (Å²) in [6, 6.07) is 0. The van der Waals surface area contributed by atoms with Crippen LogP contribution in [0.1, 0.15) is 25.1 Å². The van der Waals surface area contributed by atoms with Gasteiger partial charge in [0.05, 0.1) is 0 Å². The molecule has 1 aromatic rings. The van der Waals surface area contributed by atoms with Gasteiger partial charge in [0.15, 0.2) is 5.82 Å². The van der Waals surface area contributed by atoms with E-state index in [2.05, 4.69) is 17.1 Å². The van der Waals surface area contributed by atoms with Crippen LogP contribution in [0.3, 0.4) is 0 Å². The molecule has 0 aliphatic carbocycles. The van der Waals surface area contributed by atoms with E-state index in [1.807, 2.05) is 0 Å². The molecule has 0 spiro atoms. The van der Waals surface area contributed by atoms with E-state index >= 15 is 0 Å². The molecule has 0 saturated carbocycles. The normalized spacial score (nSPS) is 13.1. The standard InChI is InChI=1S/C9H17N3O2/c1-3-7(5-10)4-9-11-8(6-13-2)12-14-9/h7H,3-6,10H2,1-2H3. The Kier molecular flexibility index (Phi) is 4.55. The predicted molar refractivity (Wildman–Crippen MR) is 51.6 cm³/mol. The van der Waals surface area contributed by atoms with Gasteiger partial charge in [-0.2, -0.15) is 4.98 Å². The van der Waals surface area contributed by atoms with Crippen molar-refractivity contribution in [3.05, 3.63) is 11.7 Å². The van der Waals surface area contributed by atoms with Gasteiger partial charge in [-0.05, 0) is 12.5 Å². The Morgan fingerprint density at radius 2 is 2.36 bits per heavy atom. The largest absolute Gasteiger partial charge is 0.377 e. The maximum atomic E-state index is 5.58. The van der Waals surface area contributed by atoms with Gasteiger partial charge >= 0.3 is 0 Å². The van der Waals surface area contributed by atoms with Gasteiger partial charge in [0.1, 0.15) is 6.61 Å². The summed E-state index contributed by atoms with van der Waals surface area (Å²) in [4.78, 5) is 4.18. The zero-order chi connectivity index (χ0) is 10.4. The Bertz CT molecular complexity index is 258. The van der Waals surface area contributed by atoms with Gasteiger partial charge in [-0.1, -0.05) is 18.5 Å². The lowest BCUT2D eigenvalue weighted by molar-refractivity contribution is 0.174. The van der Waals surface area contributed by atoms with Crippen LogP contribution in [-0.4, -0.2) is 23.8 Å². The van der Waals surface area contributed by atoms with E-state index in [0.717, 1.165) is 12.8 Å². The molecule has 0 aliphatic heterocycles. The molecule has 0 bridgehead atoms. The fourth-order valence-corrected chi connectivity index (χ4v) is 1.20. The van der Waals surface area contributed by atoms with Gasteiger partial charge in [-0.25, -0.2) is 0 Å². The zero-order valence-corrected chi connectivity index (χ0v) is 8.69. The summed E-state index contributed by atoms with van der Waals surface area (Å²) in [7, 11) is 1.60. The molecule has 5 heteroatoms. The minimum atomic E-state index is 0.392. The molecule has 80 valence electrons. The molecule has 1 unspecified atom stereocenters. The SMILES string of the molecule is CCC(CN)Cc1nc(COC)no1. The molecular weight excluding hydrogens is 182 g/mol. The fourth-order valence-electron chi connectivity index (χ4n) is 1.20. The topological polar surface area (TPSA) is 74.2 Å². The monoisotopic (exact) mass is 199 g/mol. The maximum absolute atomic E-state index is 5.58. The second kappa shape index (κ2) is 5.72. The van der Waals surface area contributed by atoms with E-state index in [0.29, 0.717) is 30.8 Å². The van der Waals surface area contributed by atoms with Gasteiger partial charge in [0, 0.05) is 13.5 Å². The van der Waals surface area contributed by atoms with Crippen molar-refractivity contribution in [3.63, 3.8) is 0 Å². The van der Waals surface area contributed by atoms with Crippen LogP contribution in [0.2, 0.25) is 0 Å². The van der Waals surface area contributed by atoms with Gasteiger partial charge in [0.2, 0.25) is 5.89 Å². The predicted octanol–water partition coefficient (Wildman–Crippen LogP) is 0.743. The number of hydrogen-bond donors (Lipinski definition) is 1. The van der Waals surface area contributed by atoms with E-state index in [4.69, 9.17) is 15.0 Å². The summed E-state index contributed by atoms with van der Waals surface area (Å²) in [6.07, 6.45) is 1.78. The van der Waals surface area contributed by atoms with Crippen LogP contribution in [0.5, 0.6) is 0 Å². The van der Waals surface area contributed by atoms with Gasteiger partial charge in [-0.15, -0.1) is 0 Å². The van der Waals surface area contributed by atoms with E-state index in [1.54, 1.807) is 7.11 Å². The Hall–Kier alpha value is -0.940. The van der Waals surface area contributed by atoms with Crippen molar-refractivity contribution in [3.8, 4) is 0 Å². The number of methoxy groups -OCH3 is 1. The molecular formula is C9H17N3O2. The smallest absolute Gasteiger partial charge is 0.227 e. The Morgan fingerprint density at radius 1 is 1.57 bits per heavy atom. The minimum Gasteiger partial charge on any atom is -0.377 e. The summed E-state index contributed by atoms with van der Waals surface area (Å²) < 4.78 is 9.94. The average molecular weight is 199 g/mol. The van der Waals surface area contributed by atoms with Gasteiger partial charge < -0.3 is 15.0 Å². The van der Waals surface area contributed by atoms with Crippen molar-refractivity contribution < 1.29 is 9.26 Å². The molecule has 1 heterocycles. The fraction of sp³-hybridized carbons (Fsp3) is 0.778. The van der Waals surface area contributed by atoms with E-state index in [1.165, 1.54) is 0 Å². The second-order valence-electron chi connectivity index (χ2n) is 3.25. The average Bonchev–Trinajstić information content (AvgIpc) is 2.63. The van der Waals surface area contributed by atoms with Crippen molar-refractivity contribution in [1.82, 2.24) is 10.1 Å². The first-order valence-electron chi connectivity index (χ1n) is 4.80. The summed E-state index contributed by atoms with van der Waals surface area (Å²) in [6.45, 7) is 3.14. The van der Waals surface area contributed by atoms with Crippen molar-refractivity contribution in [2.45, 2.75) is 26.4 Å². The number of hydrogen-bond acceptors (Lipinski definition) is 5. The van der Waals surface area contributed by atoms with Crippen LogP contribution < -0.4 is 5.73 Å². The first-order valence-corrected chi connectivity index (χ1v) is 4.80. The molecule has 5 nitrogen and oxygen atoms in total. The van der Waals surface area contributed by atoms with E-state index in [9.17, 15) is 0 Å². The molecule has 1 aromatic heterocycles. The first kappa shape index (κ1) is 11.1. The molecule has 1 rings (SSSR count). The molecule has 0 saturated heterocycles. The third kappa shape index (κ3) is 3.08. The van der Waals surface area contributed by atoms with Crippen molar-refractivity contribution in [2.24, 2.45) is 11.7 Å². The molecule has 1 atom stereocenters. The number of aromatic nitrogens is 2. The molecule has 14 heavy (non-hydrogen) atoms. The molecule has 2 N–H and O–H groups in total. The molecule has 0 aliphatic rings. The van der Waals surface area contributed by atoms with Crippen molar-refractivity contribution in [2.75, 3.05) is 13.7 Å². The van der Waals surface area contributed by atoms with Gasteiger partial charge in [-0.3, -0.25) is 0 Å². The summed E-state index contributed by atoms with van der Waals surface area (Å²) in [5.41, 5.74) is 5.58. The summed E-state index contributed by atoms with van der Waals surface area (Å²) >= 11 is 0. The van der Waals surface area contributed by atoms with E-state index < -0.39 is 0 Å². The lowest BCUT2D eigenvalue weighted by Gasteiger charge is -2.07. The summed E-state index contributed by atoms with van der Waals surface area (Å²) in [5.74, 6) is 1.66. The van der Waals surface area contributed by atoms with Crippen LogP contribution in [0.25, 0.3) is 0 Å². The number of ether oxygens (including phenoxy) is 1. The van der Waals surface area contributed by atoms with Gasteiger partial charge in [0.25, 0.3) is 0 Å². The number of nitrogens with two attached hydrogens (primary N) is 1. The zero-order valence-electron chi connectivity index (χ0n) is 8.69. The second-order valence-corrected chi connectivity index (χ2v) is 3.25. The van der Waals surface area contributed by atoms with Crippen LogP contribution in [0, 0.1) is 5.92 Å². The third-order valence-electron chi connectivity index (χ3n) is 2.16. The van der Waals surface area contributed by atoms with Crippen LogP contribution in [0.4, 0.5) is 0 Å². The highest BCUT2D eigenvalue weighted by molar-refractivity contribution is 4.86. The summed E-state index contributed by atoms with van der Waals surface area (Å²) in [5, 5.41) is 3.78. The Labute approximate surface area is 83.6 Å². The highest BCUT2D eigenvalue weighted by Crippen LogP contribution is 2.09. The lowest BCUT2D eigenvalue weighted by atomic mass is 10.0. The quantitative estimate of drug-likeness (QED) is 0.731. The maximum Gasteiger partial charge on any atom is 0.227 e. The number of nitrogens with zero attached hydrogens (tertiary/aromatic N) is 2.